The van der Waals surface area contributed by atoms with Crippen LogP contribution in [0.4, 0.5) is 0 Å². The third-order valence-electron chi connectivity index (χ3n) is 13.5. The Hall–Kier alpha value is -1.22. The van der Waals surface area contributed by atoms with E-state index in [1.165, 1.54) is 154 Å². The molecule has 1 aliphatic rings. The molecule has 0 aromatic heterocycles. The highest BCUT2D eigenvalue weighted by Gasteiger charge is 2.32. The lowest BCUT2D eigenvalue weighted by atomic mass is 9.88. The number of rotatable bonds is 46. The molecule has 60 heavy (non-hydrogen) atoms. The van der Waals surface area contributed by atoms with Gasteiger partial charge in [-0.25, -0.2) is 0 Å². The minimum Gasteiger partial charge on any atom is -0.395 e. The maximum atomic E-state index is 12.9. The summed E-state index contributed by atoms with van der Waals surface area (Å²) in [4.78, 5) is 30.7. The Morgan fingerprint density at radius 2 is 0.850 bits per heavy atom. The van der Waals surface area contributed by atoms with Crippen molar-refractivity contribution in [3.05, 3.63) is 0 Å². The van der Waals surface area contributed by atoms with Gasteiger partial charge >= 0.3 is 0 Å². The number of nitrogens with one attached hydrogen (secondary N) is 2. The number of unbranched alkanes of at least 4 members (excludes halogenated alkanes) is 20. The van der Waals surface area contributed by atoms with Crippen LogP contribution in [0.3, 0.4) is 0 Å². The van der Waals surface area contributed by atoms with Gasteiger partial charge in [0.2, 0.25) is 11.8 Å². The van der Waals surface area contributed by atoms with Crippen LogP contribution in [-0.2, 0) is 9.59 Å². The number of nitrogens with zero attached hydrogens (tertiary/aromatic N) is 2. The summed E-state index contributed by atoms with van der Waals surface area (Å²) in [6.07, 6.45) is 40.1. The van der Waals surface area contributed by atoms with Gasteiger partial charge in [-0.1, -0.05) is 169 Å². The van der Waals surface area contributed by atoms with Crippen molar-refractivity contribution in [2.24, 2.45) is 11.8 Å². The maximum Gasteiger partial charge on any atom is 0.220 e. The minimum atomic E-state index is -0.198. The molecule has 1 rings (SSSR count). The number of aliphatic hydroxyl groups is 2. The van der Waals surface area contributed by atoms with E-state index < -0.39 is 0 Å². The largest absolute Gasteiger partial charge is 0.395 e. The molecule has 0 aliphatic heterocycles. The van der Waals surface area contributed by atoms with Crippen LogP contribution in [0, 0.1) is 11.8 Å². The molecular weight excluding hydrogens is 745 g/mol. The highest BCUT2D eigenvalue weighted by Crippen LogP contribution is 2.25. The first-order valence-electron chi connectivity index (χ1n) is 26.6. The van der Waals surface area contributed by atoms with Gasteiger partial charge in [0.05, 0.1) is 12.7 Å². The topological polar surface area (TPSA) is 105 Å². The molecule has 0 aromatic carbocycles. The van der Waals surface area contributed by atoms with E-state index in [0.29, 0.717) is 37.3 Å². The number of carbonyl (C=O) groups is 2. The quantitative estimate of drug-likeness (QED) is 0.0455. The molecule has 1 aliphatic carbocycles. The molecule has 0 saturated heterocycles. The van der Waals surface area contributed by atoms with Crippen LogP contribution in [0.2, 0.25) is 0 Å². The fourth-order valence-electron chi connectivity index (χ4n) is 9.20. The average Bonchev–Trinajstić information content (AvgIpc) is 3.23. The molecule has 356 valence electrons. The monoisotopic (exact) mass is 849 g/mol. The number of hydrogen-bond donors (Lipinski definition) is 4. The lowest BCUT2D eigenvalue weighted by Crippen LogP contribution is -2.50. The second kappa shape index (κ2) is 41.8. The third kappa shape index (κ3) is 33.4. The molecule has 2 atom stereocenters. The SMILES string of the molecule is CCCCCCCCC(CCCCCC)CNC(=O)CCCCCN(CCCCCC(=O)NCC(CCCCCC)CCCCCCCC)CCN(CCO)C1CC(O)C1. The van der Waals surface area contributed by atoms with Gasteiger partial charge in [0, 0.05) is 51.6 Å². The van der Waals surface area contributed by atoms with E-state index in [4.69, 9.17) is 0 Å². The lowest BCUT2D eigenvalue weighted by molar-refractivity contribution is -0.122. The summed E-state index contributed by atoms with van der Waals surface area (Å²) in [5, 5.41) is 26.3. The molecule has 4 N–H and O–H groups in total. The fraction of sp³-hybridized carbons (Fsp3) is 0.962. The molecule has 0 spiro atoms. The maximum absolute atomic E-state index is 12.9. The van der Waals surface area contributed by atoms with Crippen LogP contribution in [0.15, 0.2) is 0 Å². The fourth-order valence-corrected chi connectivity index (χ4v) is 9.20. The molecule has 0 bridgehead atoms. The molecule has 0 heterocycles. The summed E-state index contributed by atoms with van der Waals surface area (Å²) in [5.41, 5.74) is 0. The first kappa shape index (κ1) is 56.8. The second-order valence-electron chi connectivity index (χ2n) is 19.2. The molecule has 8 heteroatoms. The van der Waals surface area contributed by atoms with Crippen LogP contribution in [0.25, 0.3) is 0 Å². The van der Waals surface area contributed by atoms with Crippen LogP contribution < -0.4 is 10.6 Å². The van der Waals surface area contributed by atoms with Crippen molar-refractivity contribution >= 4 is 11.8 Å². The number of hydrogen-bond acceptors (Lipinski definition) is 6. The van der Waals surface area contributed by atoms with Crippen molar-refractivity contribution < 1.29 is 19.8 Å². The van der Waals surface area contributed by atoms with Crippen molar-refractivity contribution in [2.75, 3.05) is 52.4 Å². The van der Waals surface area contributed by atoms with E-state index in [9.17, 15) is 19.8 Å². The Balaban J connectivity index is 2.51. The van der Waals surface area contributed by atoms with Gasteiger partial charge in [-0.3, -0.25) is 14.5 Å². The average molecular weight is 849 g/mol. The first-order chi connectivity index (χ1) is 29.4. The van der Waals surface area contributed by atoms with Gasteiger partial charge in [-0.15, -0.1) is 0 Å². The lowest BCUT2D eigenvalue weighted by Gasteiger charge is -2.41. The van der Waals surface area contributed by atoms with E-state index in [-0.39, 0.29) is 24.5 Å². The molecule has 0 radical (unpaired) electrons. The minimum absolute atomic E-state index is 0.147. The number of aliphatic hydroxyl groups excluding tert-OH is 2. The summed E-state index contributed by atoms with van der Waals surface area (Å²) >= 11 is 0. The zero-order valence-corrected chi connectivity index (χ0v) is 40.6. The van der Waals surface area contributed by atoms with Crippen molar-refractivity contribution in [1.82, 2.24) is 20.4 Å². The Morgan fingerprint density at radius 1 is 0.483 bits per heavy atom. The van der Waals surface area contributed by atoms with Crippen molar-refractivity contribution in [2.45, 2.75) is 258 Å². The molecule has 2 unspecified atom stereocenters. The summed E-state index contributed by atoms with van der Waals surface area (Å²) in [5.74, 6) is 1.68. The summed E-state index contributed by atoms with van der Waals surface area (Å²) < 4.78 is 0. The van der Waals surface area contributed by atoms with Crippen LogP contribution in [-0.4, -0.2) is 96.4 Å². The van der Waals surface area contributed by atoms with Crippen LogP contribution >= 0.6 is 0 Å². The smallest absolute Gasteiger partial charge is 0.220 e. The molecule has 2 amide bonds. The van der Waals surface area contributed by atoms with Gasteiger partial charge in [0.15, 0.2) is 0 Å². The van der Waals surface area contributed by atoms with Crippen LogP contribution in [0.5, 0.6) is 0 Å². The summed E-state index contributed by atoms with van der Waals surface area (Å²) in [6, 6.07) is 0.370. The normalized spacial score (nSPS) is 16.3. The third-order valence-corrected chi connectivity index (χ3v) is 13.5. The summed E-state index contributed by atoms with van der Waals surface area (Å²) in [6.45, 7) is 15.5. The van der Waals surface area contributed by atoms with Crippen molar-refractivity contribution in [3.63, 3.8) is 0 Å². The van der Waals surface area contributed by atoms with E-state index in [1.54, 1.807) is 0 Å². The first-order valence-corrected chi connectivity index (χ1v) is 26.6. The zero-order chi connectivity index (χ0) is 43.7. The van der Waals surface area contributed by atoms with E-state index >= 15 is 0 Å². The van der Waals surface area contributed by atoms with Gasteiger partial charge in [0.25, 0.3) is 0 Å². The second-order valence-corrected chi connectivity index (χ2v) is 19.2. The van der Waals surface area contributed by atoms with Gasteiger partial charge < -0.3 is 25.7 Å². The highest BCUT2D eigenvalue weighted by atomic mass is 16.3. The molecule has 1 fully saturated rings. The molecule has 8 nitrogen and oxygen atoms in total. The molecule has 1 saturated carbocycles. The van der Waals surface area contributed by atoms with Gasteiger partial charge in [0.1, 0.15) is 0 Å². The Morgan fingerprint density at radius 3 is 1.23 bits per heavy atom. The zero-order valence-electron chi connectivity index (χ0n) is 40.6. The van der Waals surface area contributed by atoms with Crippen molar-refractivity contribution in [1.29, 1.82) is 0 Å². The Kier molecular flexibility index (Phi) is 39.5. The predicted molar refractivity (Wildman–Crippen MR) is 258 cm³/mol. The standard InChI is InChI=1S/C52H104N4O4/c1-5-9-13-17-19-25-33-47(31-23-15-11-7-3)45-53-51(59)35-27-21-29-37-55(39-40-56(41-42-57)49-43-50(58)44-49)38-30-22-28-36-52(60)54-46-48(32-24-16-12-8-4)34-26-20-18-14-10-6-2/h47-50,57-58H,5-46H2,1-4H3,(H,53,59)(H,54,60). The van der Waals surface area contributed by atoms with Gasteiger partial charge in [-0.05, 0) is 89.1 Å². The van der Waals surface area contributed by atoms with E-state index in [2.05, 4.69) is 48.1 Å². The van der Waals surface area contributed by atoms with E-state index in [0.717, 1.165) is 90.6 Å². The predicted octanol–water partition coefficient (Wildman–Crippen LogP) is 12.1. The number of amides is 2. The molecule has 0 aromatic rings. The molecular formula is C52H104N4O4. The summed E-state index contributed by atoms with van der Waals surface area (Å²) in [7, 11) is 0. The van der Waals surface area contributed by atoms with Crippen LogP contribution in [0.1, 0.15) is 246 Å². The van der Waals surface area contributed by atoms with Crippen molar-refractivity contribution in [3.8, 4) is 0 Å². The Labute approximate surface area is 373 Å². The Bertz CT molecular complexity index is 889. The highest BCUT2D eigenvalue weighted by molar-refractivity contribution is 5.76. The van der Waals surface area contributed by atoms with Gasteiger partial charge in [-0.2, -0.15) is 0 Å². The van der Waals surface area contributed by atoms with E-state index in [1.807, 2.05) is 0 Å². The number of carbonyl (C=O) groups excluding carboxylic acids is 2.